The van der Waals surface area contributed by atoms with E-state index in [9.17, 15) is 0 Å². The first-order valence-corrected chi connectivity index (χ1v) is 4.66. The average Bonchev–Trinajstić information content (AvgIpc) is 2.20. The Hall–Kier alpha value is -0.350. The van der Waals surface area contributed by atoms with Gasteiger partial charge in [0.05, 0.1) is 19.3 Å². The smallest absolute Gasteiger partial charge is 0.129 e. The van der Waals surface area contributed by atoms with Crippen molar-refractivity contribution >= 4 is 24.0 Å². The molecular weight excluding hydrogens is 223 g/mol. The van der Waals surface area contributed by atoms with Crippen molar-refractivity contribution in [2.75, 3.05) is 19.8 Å². The highest BCUT2D eigenvalue weighted by Crippen LogP contribution is 2.15. The number of ether oxygens (including phenoxy) is 1. The second kappa shape index (κ2) is 5.51. The van der Waals surface area contributed by atoms with E-state index < -0.39 is 0 Å². The van der Waals surface area contributed by atoms with Crippen molar-refractivity contribution in [3.8, 4) is 0 Å². The zero-order chi connectivity index (χ0) is 9.10. The zero-order valence-corrected chi connectivity index (χ0v) is 9.14. The first kappa shape index (κ1) is 11.7. The summed E-state index contributed by atoms with van der Waals surface area (Å²) in [6.07, 6.45) is 1.79. The molecular formula is C9H12Cl2N2O. The minimum Gasteiger partial charge on any atom is -0.378 e. The van der Waals surface area contributed by atoms with E-state index in [0.717, 1.165) is 18.7 Å². The third-order valence-corrected chi connectivity index (χ3v) is 2.30. The molecule has 1 aromatic rings. The predicted molar refractivity (Wildman–Crippen MR) is 58.1 cm³/mol. The second-order valence-electron chi connectivity index (χ2n) is 3.00. The van der Waals surface area contributed by atoms with Gasteiger partial charge in [-0.25, -0.2) is 4.98 Å². The highest BCUT2D eigenvalue weighted by molar-refractivity contribution is 6.29. The molecule has 0 spiro atoms. The molecule has 1 fully saturated rings. The molecule has 0 aromatic carbocycles. The number of halogens is 2. The van der Waals surface area contributed by atoms with Crippen LogP contribution in [0.5, 0.6) is 0 Å². The SMILES string of the molecule is Cl.Clc1ccc([C@@H]2COCCN2)cn1. The summed E-state index contributed by atoms with van der Waals surface area (Å²) in [4.78, 5) is 4.02. The molecule has 1 aliphatic heterocycles. The quantitative estimate of drug-likeness (QED) is 0.754. The van der Waals surface area contributed by atoms with Gasteiger partial charge >= 0.3 is 0 Å². The first-order chi connectivity index (χ1) is 6.36. The molecule has 78 valence electrons. The minimum absolute atomic E-state index is 0. The maximum Gasteiger partial charge on any atom is 0.129 e. The summed E-state index contributed by atoms with van der Waals surface area (Å²) in [5.41, 5.74) is 1.13. The molecule has 0 bridgehead atoms. The van der Waals surface area contributed by atoms with Crippen molar-refractivity contribution in [1.29, 1.82) is 0 Å². The molecule has 0 amide bonds. The number of hydrogen-bond acceptors (Lipinski definition) is 3. The maximum atomic E-state index is 5.69. The number of morpholine rings is 1. The summed E-state index contributed by atoms with van der Waals surface area (Å²) in [5, 5.41) is 3.87. The van der Waals surface area contributed by atoms with E-state index in [-0.39, 0.29) is 18.4 Å². The molecule has 0 radical (unpaired) electrons. The van der Waals surface area contributed by atoms with Gasteiger partial charge in [-0.05, 0) is 11.6 Å². The molecule has 0 aliphatic carbocycles. The summed E-state index contributed by atoms with van der Waals surface area (Å²) < 4.78 is 5.34. The molecule has 1 saturated heterocycles. The van der Waals surface area contributed by atoms with Gasteiger partial charge in [-0.1, -0.05) is 17.7 Å². The third kappa shape index (κ3) is 2.82. The van der Waals surface area contributed by atoms with Gasteiger partial charge in [0, 0.05) is 12.7 Å². The number of hydrogen-bond donors (Lipinski definition) is 1. The van der Waals surface area contributed by atoms with Crippen LogP contribution in [0.1, 0.15) is 11.6 Å². The van der Waals surface area contributed by atoms with E-state index in [1.54, 1.807) is 12.3 Å². The van der Waals surface area contributed by atoms with Crippen LogP contribution in [-0.4, -0.2) is 24.7 Å². The third-order valence-electron chi connectivity index (χ3n) is 2.07. The summed E-state index contributed by atoms with van der Waals surface area (Å²) in [6.45, 7) is 2.40. The molecule has 1 N–H and O–H groups in total. The van der Waals surface area contributed by atoms with Crippen molar-refractivity contribution in [2.45, 2.75) is 6.04 Å². The molecule has 0 unspecified atom stereocenters. The molecule has 1 aliphatic rings. The van der Waals surface area contributed by atoms with Gasteiger partial charge in [-0.15, -0.1) is 12.4 Å². The van der Waals surface area contributed by atoms with Crippen LogP contribution < -0.4 is 5.32 Å². The van der Waals surface area contributed by atoms with Crippen LogP contribution in [0.4, 0.5) is 0 Å². The molecule has 2 heterocycles. The van der Waals surface area contributed by atoms with Gasteiger partial charge in [-0.3, -0.25) is 0 Å². The largest absolute Gasteiger partial charge is 0.378 e. The van der Waals surface area contributed by atoms with Crippen molar-refractivity contribution in [3.63, 3.8) is 0 Å². The van der Waals surface area contributed by atoms with Gasteiger partial charge in [0.1, 0.15) is 5.15 Å². The predicted octanol–water partition coefficient (Wildman–Crippen LogP) is 1.82. The van der Waals surface area contributed by atoms with Crippen molar-refractivity contribution in [3.05, 3.63) is 29.0 Å². The van der Waals surface area contributed by atoms with E-state index in [1.807, 2.05) is 6.07 Å². The van der Waals surface area contributed by atoms with Crippen LogP contribution >= 0.6 is 24.0 Å². The van der Waals surface area contributed by atoms with Crippen LogP contribution in [0, 0.1) is 0 Å². The van der Waals surface area contributed by atoms with Crippen LogP contribution in [0.2, 0.25) is 5.15 Å². The number of pyridine rings is 1. The molecule has 1 aromatic heterocycles. The highest BCUT2D eigenvalue weighted by Gasteiger charge is 2.14. The molecule has 0 saturated carbocycles. The lowest BCUT2D eigenvalue weighted by Gasteiger charge is -2.23. The van der Waals surface area contributed by atoms with Gasteiger partial charge in [0.15, 0.2) is 0 Å². The monoisotopic (exact) mass is 234 g/mol. The van der Waals surface area contributed by atoms with Gasteiger partial charge in [-0.2, -0.15) is 0 Å². The van der Waals surface area contributed by atoms with Crippen LogP contribution in [-0.2, 0) is 4.74 Å². The van der Waals surface area contributed by atoms with Crippen molar-refractivity contribution in [1.82, 2.24) is 10.3 Å². The van der Waals surface area contributed by atoms with E-state index in [4.69, 9.17) is 16.3 Å². The lowest BCUT2D eigenvalue weighted by Crippen LogP contribution is -2.34. The fourth-order valence-corrected chi connectivity index (χ4v) is 1.48. The van der Waals surface area contributed by atoms with E-state index in [1.165, 1.54) is 0 Å². The highest BCUT2D eigenvalue weighted by atomic mass is 35.5. The van der Waals surface area contributed by atoms with Crippen molar-refractivity contribution < 1.29 is 4.74 Å². The zero-order valence-electron chi connectivity index (χ0n) is 7.57. The molecule has 5 heteroatoms. The normalized spacial score (nSPS) is 21.4. The first-order valence-electron chi connectivity index (χ1n) is 4.29. The Morgan fingerprint density at radius 1 is 1.50 bits per heavy atom. The number of nitrogens with one attached hydrogen (secondary N) is 1. The Balaban J connectivity index is 0.000000980. The molecule has 14 heavy (non-hydrogen) atoms. The number of rotatable bonds is 1. The minimum atomic E-state index is 0. The Morgan fingerprint density at radius 2 is 2.36 bits per heavy atom. The summed E-state index contributed by atoms with van der Waals surface area (Å²) in [5.74, 6) is 0. The molecule has 1 atom stereocenters. The number of aromatic nitrogens is 1. The fraction of sp³-hybridized carbons (Fsp3) is 0.444. The summed E-state index contributed by atoms with van der Waals surface area (Å²) in [6, 6.07) is 4.04. The van der Waals surface area contributed by atoms with E-state index in [0.29, 0.717) is 11.8 Å². The fourth-order valence-electron chi connectivity index (χ4n) is 1.37. The van der Waals surface area contributed by atoms with Crippen molar-refractivity contribution in [2.24, 2.45) is 0 Å². The van der Waals surface area contributed by atoms with Crippen LogP contribution in [0.15, 0.2) is 18.3 Å². The van der Waals surface area contributed by atoms with Gasteiger partial charge < -0.3 is 10.1 Å². The molecule has 2 rings (SSSR count). The van der Waals surface area contributed by atoms with E-state index >= 15 is 0 Å². The Labute approximate surface area is 94.2 Å². The lowest BCUT2D eigenvalue weighted by atomic mass is 10.1. The Bertz CT molecular complexity index is 273. The van der Waals surface area contributed by atoms with Crippen LogP contribution in [0.3, 0.4) is 0 Å². The summed E-state index contributed by atoms with van der Waals surface area (Å²) in [7, 11) is 0. The molecule has 3 nitrogen and oxygen atoms in total. The Morgan fingerprint density at radius 3 is 2.93 bits per heavy atom. The van der Waals surface area contributed by atoms with E-state index in [2.05, 4.69) is 10.3 Å². The standard InChI is InChI=1S/C9H11ClN2O.ClH/c10-9-2-1-7(5-12-9)8-6-13-4-3-11-8;/h1-2,5,8,11H,3-4,6H2;1H/t8-;/m0./s1. The van der Waals surface area contributed by atoms with Gasteiger partial charge in [0.25, 0.3) is 0 Å². The van der Waals surface area contributed by atoms with Crippen LogP contribution in [0.25, 0.3) is 0 Å². The van der Waals surface area contributed by atoms with Gasteiger partial charge in [0.2, 0.25) is 0 Å². The Kier molecular flexibility index (Phi) is 4.62. The number of nitrogens with zero attached hydrogens (tertiary/aromatic N) is 1. The topological polar surface area (TPSA) is 34.1 Å². The summed E-state index contributed by atoms with van der Waals surface area (Å²) >= 11 is 5.69. The average molecular weight is 235 g/mol. The maximum absolute atomic E-state index is 5.69. The second-order valence-corrected chi connectivity index (χ2v) is 3.38. The lowest BCUT2D eigenvalue weighted by molar-refractivity contribution is 0.0768.